The molecule has 3 heteroatoms. The first kappa shape index (κ1) is 12.9. The Hall–Kier alpha value is -0.0500. The van der Waals surface area contributed by atoms with Crippen LogP contribution in [0.25, 0.3) is 0 Å². The van der Waals surface area contributed by atoms with Crippen molar-refractivity contribution in [1.82, 2.24) is 0 Å². The molecule has 1 unspecified atom stereocenters. The number of rotatable bonds is 7. The molecule has 0 radical (unpaired) electrons. The van der Waals surface area contributed by atoms with Crippen LogP contribution in [0.1, 0.15) is 45.4 Å². The van der Waals surface area contributed by atoms with Gasteiger partial charge < -0.3 is 4.74 Å². The van der Waals surface area contributed by atoms with E-state index in [1.165, 1.54) is 32.8 Å². The van der Waals surface area contributed by atoms with Gasteiger partial charge in [-0.25, -0.2) is 0 Å². The number of hydrogen-bond donors (Lipinski definition) is 0. The van der Waals surface area contributed by atoms with Crippen LogP contribution >= 0.6 is 15.9 Å². The Morgan fingerprint density at radius 1 is 1.38 bits per heavy atom. The molecule has 0 aliphatic carbocycles. The van der Waals surface area contributed by atoms with Crippen LogP contribution < -0.4 is 0 Å². The summed E-state index contributed by atoms with van der Waals surface area (Å²) in [5.74, 6) is -0.127. The molecule has 0 N–H and O–H groups in total. The minimum Gasteiger partial charge on any atom is -0.469 e. The molecule has 0 aliphatic heterocycles. The van der Waals surface area contributed by atoms with Crippen molar-refractivity contribution in [1.29, 1.82) is 0 Å². The summed E-state index contributed by atoms with van der Waals surface area (Å²) in [7, 11) is 1.43. The van der Waals surface area contributed by atoms with Gasteiger partial charge in [0.15, 0.2) is 0 Å². The molecular formula is C10H19BrO2. The minimum atomic E-state index is -0.127. The van der Waals surface area contributed by atoms with Crippen molar-refractivity contribution in [2.24, 2.45) is 0 Å². The topological polar surface area (TPSA) is 26.3 Å². The highest BCUT2D eigenvalue weighted by Gasteiger charge is 2.09. The molecule has 0 amide bonds. The molecular weight excluding hydrogens is 232 g/mol. The average molecular weight is 251 g/mol. The monoisotopic (exact) mass is 250 g/mol. The Morgan fingerprint density at radius 2 is 2.08 bits per heavy atom. The SMILES string of the molecule is CCCCCCC(Br)CC(=O)OC. The lowest BCUT2D eigenvalue weighted by atomic mass is 10.1. The van der Waals surface area contributed by atoms with E-state index in [-0.39, 0.29) is 10.8 Å². The summed E-state index contributed by atoms with van der Waals surface area (Å²) in [5, 5.41) is 0. The summed E-state index contributed by atoms with van der Waals surface area (Å²) >= 11 is 3.47. The smallest absolute Gasteiger partial charge is 0.306 e. The quantitative estimate of drug-likeness (QED) is 0.394. The van der Waals surface area contributed by atoms with Gasteiger partial charge in [0, 0.05) is 4.83 Å². The minimum absolute atomic E-state index is 0.127. The number of carbonyl (C=O) groups is 1. The Morgan fingerprint density at radius 3 is 2.62 bits per heavy atom. The average Bonchev–Trinajstić information content (AvgIpc) is 2.12. The van der Waals surface area contributed by atoms with Crippen LogP contribution in [-0.2, 0) is 9.53 Å². The number of halogens is 1. The molecule has 1 atom stereocenters. The van der Waals surface area contributed by atoms with Crippen LogP contribution in [-0.4, -0.2) is 17.9 Å². The summed E-state index contributed by atoms with van der Waals surface area (Å²) in [4.78, 5) is 11.1. The van der Waals surface area contributed by atoms with Crippen LogP contribution in [0.4, 0.5) is 0 Å². The molecule has 0 fully saturated rings. The molecule has 0 bridgehead atoms. The molecule has 0 aromatic heterocycles. The highest BCUT2D eigenvalue weighted by molar-refractivity contribution is 9.09. The second kappa shape index (κ2) is 8.54. The van der Waals surface area contributed by atoms with E-state index in [1.54, 1.807) is 0 Å². The zero-order valence-corrected chi connectivity index (χ0v) is 10.1. The largest absolute Gasteiger partial charge is 0.469 e. The van der Waals surface area contributed by atoms with Gasteiger partial charge in [-0.15, -0.1) is 0 Å². The lowest BCUT2D eigenvalue weighted by molar-refractivity contribution is -0.140. The second-order valence-corrected chi connectivity index (χ2v) is 4.52. The summed E-state index contributed by atoms with van der Waals surface area (Å²) in [6, 6.07) is 0. The first-order valence-electron chi connectivity index (χ1n) is 4.91. The van der Waals surface area contributed by atoms with E-state index >= 15 is 0 Å². The fourth-order valence-electron chi connectivity index (χ4n) is 1.16. The molecule has 0 rings (SSSR count). The molecule has 0 heterocycles. The third-order valence-corrected chi connectivity index (χ3v) is 2.77. The highest BCUT2D eigenvalue weighted by Crippen LogP contribution is 2.15. The standard InChI is InChI=1S/C10H19BrO2/c1-3-4-5-6-7-9(11)8-10(12)13-2/h9H,3-8H2,1-2H3. The van der Waals surface area contributed by atoms with E-state index < -0.39 is 0 Å². The van der Waals surface area contributed by atoms with Crippen molar-refractivity contribution in [2.45, 2.75) is 50.3 Å². The van der Waals surface area contributed by atoms with Gasteiger partial charge in [0.25, 0.3) is 0 Å². The maximum absolute atomic E-state index is 10.9. The van der Waals surface area contributed by atoms with Gasteiger partial charge in [0.2, 0.25) is 0 Å². The molecule has 0 saturated carbocycles. The van der Waals surface area contributed by atoms with E-state index in [2.05, 4.69) is 27.6 Å². The predicted octanol–water partition coefficient (Wildman–Crippen LogP) is 3.28. The number of ether oxygens (including phenoxy) is 1. The molecule has 78 valence electrons. The summed E-state index contributed by atoms with van der Waals surface area (Å²) in [6.45, 7) is 2.19. The first-order valence-corrected chi connectivity index (χ1v) is 5.83. The summed E-state index contributed by atoms with van der Waals surface area (Å²) < 4.78 is 4.58. The number of esters is 1. The maximum Gasteiger partial charge on any atom is 0.306 e. The van der Waals surface area contributed by atoms with E-state index in [9.17, 15) is 4.79 Å². The molecule has 0 aromatic rings. The first-order chi connectivity index (χ1) is 6.20. The molecule has 0 aromatic carbocycles. The number of unbranched alkanes of at least 4 members (excludes halogenated alkanes) is 3. The van der Waals surface area contributed by atoms with Gasteiger partial charge in [-0.1, -0.05) is 48.5 Å². The highest BCUT2D eigenvalue weighted by atomic mass is 79.9. The number of carbonyl (C=O) groups excluding carboxylic acids is 1. The second-order valence-electron chi connectivity index (χ2n) is 3.23. The molecule has 0 saturated heterocycles. The third-order valence-electron chi connectivity index (χ3n) is 1.99. The Bertz CT molecular complexity index is 137. The summed E-state index contributed by atoms with van der Waals surface area (Å²) in [5.41, 5.74) is 0. The predicted molar refractivity (Wildman–Crippen MR) is 58.1 cm³/mol. The van der Waals surface area contributed by atoms with Crippen LogP contribution in [0.3, 0.4) is 0 Å². The van der Waals surface area contributed by atoms with E-state index in [1.807, 2.05) is 0 Å². The zero-order chi connectivity index (χ0) is 10.1. The zero-order valence-electron chi connectivity index (χ0n) is 8.51. The fraction of sp³-hybridized carbons (Fsp3) is 0.900. The molecule has 0 spiro atoms. The van der Waals surface area contributed by atoms with Gasteiger partial charge in [-0.05, 0) is 6.42 Å². The van der Waals surface area contributed by atoms with Crippen LogP contribution in [0.2, 0.25) is 0 Å². The third kappa shape index (κ3) is 8.28. The summed E-state index contributed by atoms with van der Waals surface area (Å²) in [6.07, 6.45) is 6.56. The van der Waals surface area contributed by atoms with Crippen molar-refractivity contribution in [3.8, 4) is 0 Å². The Kier molecular flexibility index (Phi) is 8.51. The van der Waals surface area contributed by atoms with Crippen molar-refractivity contribution in [3.05, 3.63) is 0 Å². The normalized spacial score (nSPS) is 12.5. The van der Waals surface area contributed by atoms with E-state index in [0.717, 1.165) is 6.42 Å². The van der Waals surface area contributed by atoms with Crippen molar-refractivity contribution >= 4 is 21.9 Å². The van der Waals surface area contributed by atoms with E-state index in [4.69, 9.17) is 0 Å². The van der Waals surface area contributed by atoms with Crippen molar-refractivity contribution in [2.75, 3.05) is 7.11 Å². The molecule has 2 nitrogen and oxygen atoms in total. The molecule has 0 aliphatic rings. The van der Waals surface area contributed by atoms with Gasteiger partial charge in [0.1, 0.15) is 0 Å². The van der Waals surface area contributed by atoms with Crippen molar-refractivity contribution < 1.29 is 9.53 Å². The van der Waals surface area contributed by atoms with Crippen LogP contribution in [0, 0.1) is 0 Å². The van der Waals surface area contributed by atoms with Gasteiger partial charge in [0.05, 0.1) is 13.5 Å². The Labute approximate surface area is 89.2 Å². The van der Waals surface area contributed by atoms with Crippen molar-refractivity contribution in [3.63, 3.8) is 0 Å². The van der Waals surface area contributed by atoms with Crippen LogP contribution in [0.5, 0.6) is 0 Å². The number of alkyl halides is 1. The fourth-order valence-corrected chi connectivity index (χ4v) is 1.75. The van der Waals surface area contributed by atoms with Gasteiger partial charge in [-0.3, -0.25) is 4.79 Å². The van der Waals surface area contributed by atoms with E-state index in [0.29, 0.717) is 6.42 Å². The number of hydrogen-bond acceptors (Lipinski definition) is 2. The molecule has 13 heavy (non-hydrogen) atoms. The lowest BCUT2D eigenvalue weighted by Crippen LogP contribution is -2.08. The van der Waals surface area contributed by atoms with Crippen LogP contribution in [0.15, 0.2) is 0 Å². The lowest BCUT2D eigenvalue weighted by Gasteiger charge is -2.07. The number of methoxy groups -OCH3 is 1. The van der Waals surface area contributed by atoms with Gasteiger partial charge in [-0.2, -0.15) is 0 Å². The Balaban J connectivity index is 3.29. The maximum atomic E-state index is 10.9. The van der Waals surface area contributed by atoms with Gasteiger partial charge >= 0.3 is 5.97 Å².